The average Bonchev–Trinajstić information content (AvgIpc) is 1.86. The molecular weight excluding hydrogens is 152 g/mol. The maximum atomic E-state index is 10.2. The number of carboxylic acids is 1. The van der Waals surface area contributed by atoms with Gasteiger partial charge < -0.3 is 15.9 Å². The zero-order valence-corrected chi connectivity index (χ0v) is 5.78. The summed E-state index contributed by atoms with van der Waals surface area (Å²) >= 11 is 0. The molecule has 0 rings (SSSR count). The molecule has 5 N–H and O–H groups in total. The molecule has 0 aromatic rings. The van der Waals surface area contributed by atoms with Gasteiger partial charge in [0.05, 0.1) is 13.2 Å². The first-order valence-electron chi connectivity index (χ1n) is 2.93. The number of carbonyl (C=O) groups is 2. The predicted octanol–water partition coefficient (Wildman–Crippen LogP) is -2.15. The van der Waals surface area contributed by atoms with Crippen LogP contribution >= 0.6 is 0 Å². The van der Waals surface area contributed by atoms with Crippen LogP contribution in [0, 0.1) is 0 Å². The number of nitrogens with two attached hydrogens (primary N) is 1. The number of rotatable bonds is 5. The predicted molar refractivity (Wildman–Crippen MR) is 35.5 cm³/mol. The second-order valence-electron chi connectivity index (χ2n) is 1.92. The molecule has 1 amide bonds. The van der Waals surface area contributed by atoms with Crippen molar-refractivity contribution in [1.29, 1.82) is 0 Å². The smallest absolute Gasteiger partial charge is 0.321 e. The number of hydrogen-bond donors (Lipinski definition) is 4. The molecule has 1 atom stereocenters. The second kappa shape index (κ2) is 4.64. The molecule has 6 heteroatoms. The van der Waals surface area contributed by atoms with Crippen molar-refractivity contribution >= 4 is 11.9 Å². The molecule has 6 nitrogen and oxygen atoms in total. The Balaban J connectivity index is 3.89. The SMILES string of the molecule is NC(=O)CC(NCO)C(=O)O. The van der Waals surface area contributed by atoms with Crippen LogP contribution < -0.4 is 11.1 Å². The Morgan fingerprint density at radius 3 is 2.36 bits per heavy atom. The molecule has 0 aliphatic heterocycles. The highest BCUT2D eigenvalue weighted by Crippen LogP contribution is 1.89. The third kappa shape index (κ3) is 4.29. The van der Waals surface area contributed by atoms with Gasteiger partial charge in [0.2, 0.25) is 5.91 Å². The van der Waals surface area contributed by atoms with Crippen LogP contribution in [0.25, 0.3) is 0 Å². The summed E-state index contributed by atoms with van der Waals surface area (Å²) in [7, 11) is 0. The zero-order chi connectivity index (χ0) is 8.85. The number of carboxylic acid groups (broad SMARTS) is 1. The molecule has 0 radical (unpaired) electrons. The van der Waals surface area contributed by atoms with Crippen LogP contribution in [-0.2, 0) is 9.59 Å². The Kier molecular flexibility index (Phi) is 4.16. The van der Waals surface area contributed by atoms with Crippen molar-refractivity contribution < 1.29 is 19.8 Å². The minimum atomic E-state index is -1.21. The largest absolute Gasteiger partial charge is 0.480 e. The summed E-state index contributed by atoms with van der Waals surface area (Å²) < 4.78 is 0. The lowest BCUT2D eigenvalue weighted by atomic mass is 10.2. The minimum absolute atomic E-state index is 0.324. The molecule has 0 saturated carbocycles. The summed E-state index contributed by atoms with van der Waals surface area (Å²) in [6.45, 7) is -0.496. The normalized spacial score (nSPS) is 12.5. The van der Waals surface area contributed by atoms with E-state index in [4.69, 9.17) is 15.9 Å². The summed E-state index contributed by atoms with van der Waals surface area (Å²) in [4.78, 5) is 20.5. The average molecular weight is 162 g/mol. The molecule has 0 saturated heterocycles. The molecule has 0 aliphatic rings. The van der Waals surface area contributed by atoms with Crippen LogP contribution in [0.2, 0.25) is 0 Å². The van der Waals surface area contributed by atoms with Crippen LogP contribution in [0.1, 0.15) is 6.42 Å². The van der Waals surface area contributed by atoms with Crippen molar-refractivity contribution in [3.8, 4) is 0 Å². The van der Waals surface area contributed by atoms with E-state index in [0.717, 1.165) is 0 Å². The second-order valence-corrected chi connectivity index (χ2v) is 1.92. The number of amides is 1. The van der Waals surface area contributed by atoms with Crippen molar-refractivity contribution in [2.45, 2.75) is 12.5 Å². The van der Waals surface area contributed by atoms with Gasteiger partial charge in [0, 0.05) is 0 Å². The van der Waals surface area contributed by atoms with Gasteiger partial charge in [0.1, 0.15) is 6.04 Å². The van der Waals surface area contributed by atoms with Gasteiger partial charge in [-0.1, -0.05) is 0 Å². The Hall–Kier alpha value is -1.14. The van der Waals surface area contributed by atoms with Crippen molar-refractivity contribution in [3.63, 3.8) is 0 Å². The van der Waals surface area contributed by atoms with Gasteiger partial charge in [-0.15, -0.1) is 0 Å². The molecule has 0 spiro atoms. The first kappa shape index (κ1) is 9.86. The minimum Gasteiger partial charge on any atom is -0.480 e. The molecule has 64 valence electrons. The van der Waals surface area contributed by atoms with Gasteiger partial charge >= 0.3 is 5.97 Å². The van der Waals surface area contributed by atoms with E-state index in [0.29, 0.717) is 0 Å². The molecule has 0 bridgehead atoms. The van der Waals surface area contributed by atoms with E-state index in [9.17, 15) is 9.59 Å². The fraction of sp³-hybridized carbons (Fsp3) is 0.600. The lowest BCUT2D eigenvalue weighted by Gasteiger charge is -2.08. The number of primary amides is 1. The Bertz CT molecular complexity index is 159. The number of carbonyl (C=O) groups excluding carboxylic acids is 1. The number of hydrogen-bond acceptors (Lipinski definition) is 4. The van der Waals surface area contributed by atoms with E-state index in [1.807, 2.05) is 0 Å². The summed E-state index contributed by atoms with van der Waals surface area (Å²) in [5.74, 6) is -1.93. The first-order valence-corrected chi connectivity index (χ1v) is 2.93. The number of aliphatic hydroxyl groups excluding tert-OH is 1. The highest BCUT2D eigenvalue weighted by Gasteiger charge is 2.17. The van der Waals surface area contributed by atoms with Gasteiger partial charge in [0.25, 0.3) is 0 Å². The van der Waals surface area contributed by atoms with Crippen molar-refractivity contribution in [2.24, 2.45) is 5.73 Å². The maximum Gasteiger partial charge on any atom is 0.321 e. The molecule has 0 aliphatic carbocycles. The third-order valence-electron chi connectivity index (χ3n) is 1.04. The summed E-state index contributed by atoms with van der Waals surface area (Å²) in [5, 5.41) is 18.8. The van der Waals surface area contributed by atoms with Crippen LogP contribution in [0.3, 0.4) is 0 Å². The quantitative estimate of drug-likeness (QED) is 0.344. The third-order valence-corrected chi connectivity index (χ3v) is 1.04. The van der Waals surface area contributed by atoms with Crippen molar-refractivity contribution in [3.05, 3.63) is 0 Å². The maximum absolute atomic E-state index is 10.2. The fourth-order valence-corrected chi connectivity index (χ4v) is 0.558. The zero-order valence-electron chi connectivity index (χ0n) is 5.78. The molecule has 0 heterocycles. The highest BCUT2D eigenvalue weighted by molar-refractivity contribution is 5.83. The number of aliphatic carboxylic acids is 1. The summed E-state index contributed by atoms with van der Waals surface area (Å²) in [6, 6.07) is -1.10. The molecule has 0 aromatic carbocycles. The summed E-state index contributed by atoms with van der Waals surface area (Å²) in [6.07, 6.45) is -0.324. The van der Waals surface area contributed by atoms with Gasteiger partial charge in [-0.05, 0) is 0 Å². The van der Waals surface area contributed by atoms with Crippen LogP contribution in [0.5, 0.6) is 0 Å². The molecule has 11 heavy (non-hydrogen) atoms. The molecular formula is C5H10N2O4. The van der Waals surface area contributed by atoms with Gasteiger partial charge in [-0.25, -0.2) is 0 Å². The van der Waals surface area contributed by atoms with Crippen molar-refractivity contribution in [1.82, 2.24) is 5.32 Å². The topological polar surface area (TPSA) is 113 Å². The summed E-state index contributed by atoms with van der Waals surface area (Å²) in [5.41, 5.74) is 4.74. The van der Waals surface area contributed by atoms with E-state index >= 15 is 0 Å². The van der Waals surface area contributed by atoms with Crippen LogP contribution in [0.4, 0.5) is 0 Å². The molecule has 0 aromatic heterocycles. The fourth-order valence-electron chi connectivity index (χ4n) is 0.558. The van der Waals surface area contributed by atoms with Gasteiger partial charge in [-0.3, -0.25) is 14.9 Å². The Morgan fingerprint density at radius 2 is 2.09 bits per heavy atom. The van der Waals surface area contributed by atoms with E-state index in [1.165, 1.54) is 0 Å². The van der Waals surface area contributed by atoms with Gasteiger partial charge in [0.15, 0.2) is 0 Å². The van der Waals surface area contributed by atoms with E-state index < -0.39 is 24.6 Å². The number of aliphatic hydroxyl groups is 1. The Morgan fingerprint density at radius 1 is 1.55 bits per heavy atom. The Labute approximate surface area is 63.0 Å². The van der Waals surface area contributed by atoms with Crippen LogP contribution in [-0.4, -0.2) is 34.9 Å². The number of nitrogens with one attached hydrogen (secondary N) is 1. The standard InChI is InChI=1S/C5H10N2O4/c6-4(9)1-3(5(10)11)7-2-8/h3,7-8H,1-2H2,(H2,6,9)(H,10,11). The first-order chi connectivity index (χ1) is 5.07. The highest BCUT2D eigenvalue weighted by atomic mass is 16.4. The van der Waals surface area contributed by atoms with E-state index in [1.54, 1.807) is 0 Å². The monoisotopic (exact) mass is 162 g/mol. The van der Waals surface area contributed by atoms with E-state index in [2.05, 4.69) is 5.32 Å². The molecule has 0 fully saturated rings. The van der Waals surface area contributed by atoms with Crippen LogP contribution in [0.15, 0.2) is 0 Å². The van der Waals surface area contributed by atoms with Crippen molar-refractivity contribution in [2.75, 3.05) is 6.73 Å². The van der Waals surface area contributed by atoms with Gasteiger partial charge in [-0.2, -0.15) is 0 Å². The lowest BCUT2D eigenvalue weighted by molar-refractivity contribution is -0.141. The molecule has 1 unspecified atom stereocenters. The lowest BCUT2D eigenvalue weighted by Crippen LogP contribution is -2.40. The van der Waals surface area contributed by atoms with E-state index in [-0.39, 0.29) is 6.42 Å².